The van der Waals surface area contributed by atoms with Crippen LogP contribution in [0, 0.1) is 0 Å². The molecule has 1 aromatic rings. The van der Waals surface area contributed by atoms with Gasteiger partial charge in [0.2, 0.25) is 11.8 Å². The van der Waals surface area contributed by atoms with Crippen molar-refractivity contribution in [1.29, 1.82) is 0 Å². The molecule has 2 amide bonds. The van der Waals surface area contributed by atoms with Gasteiger partial charge in [0.1, 0.15) is 5.03 Å². The van der Waals surface area contributed by atoms with Gasteiger partial charge in [0.15, 0.2) is 0 Å². The third kappa shape index (κ3) is 2.44. The molecule has 1 saturated heterocycles. The van der Waals surface area contributed by atoms with Gasteiger partial charge >= 0.3 is 5.97 Å². The minimum Gasteiger partial charge on any atom is -0.478 e. The molecule has 2 N–H and O–H groups in total. The van der Waals surface area contributed by atoms with Gasteiger partial charge in [-0.1, -0.05) is 11.8 Å². The fraction of sp³-hybridized carbons (Fsp3) is 0.200. The molecule has 17 heavy (non-hydrogen) atoms. The summed E-state index contributed by atoms with van der Waals surface area (Å²) in [4.78, 5) is 37.2. The molecule has 0 spiro atoms. The zero-order chi connectivity index (χ0) is 12.4. The number of carbonyl (C=O) groups is 3. The number of hydrogen-bond acceptors (Lipinski definition) is 5. The summed E-state index contributed by atoms with van der Waals surface area (Å²) in [5, 5.41) is 10.7. The Hall–Kier alpha value is -1.89. The molecule has 2 heterocycles. The van der Waals surface area contributed by atoms with Crippen molar-refractivity contribution in [2.24, 2.45) is 0 Å². The number of carboxylic acid groups (broad SMARTS) is 1. The van der Waals surface area contributed by atoms with Crippen molar-refractivity contribution < 1.29 is 19.5 Å². The lowest BCUT2D eigenvalue weighted by Crippen LogP contribution is -2.23. The van der Waals surface area contributed by atoms with Crippen molar-refractivity contribution in [2.75, 3.05) is 0 Å². The zero-order valence-corrected chi connectivity index (χ0v) is 9.36. The van der Waals surface area contributed by atoms with Crippen LogP contribution in [0.2, 0.25) is 0 Å². The fourth-order valence-corrected chi connectivity index (χ4v) is 2.48. The van der Waals surface area contributed by atoms with Crippen LogP contribution < -0.4 is 5.32 Å². The number of aromatic nitrogens is 1. The summed E-state index contributed by atoms with van der Waals surface area (Å²) in [6.45, 7) is 0. The van der Waals surface area contributed by atoms with Crippen LogP contribution in [0.4, 0.5) is 0 Å². The number of aromatic carboxylic acids is 1. The maximum Gasteiger partial charge on any atom is 0.338 e. The predicted molar refractivity (Wildman–Crippen MR) is 58.6 cm³/mol. The largest absolute Gasteiger partial charge is 0.478 e. The highest BCUT2D eigenvalue weighted by atomic mass is 32.2. The van der Waals surface area contributed by atoms with Crippen LogP contribution in [0.25, 0.3) is 0 Å². The average Bonchev–Trinajstić information content (AvgIpc) is 2.58. The Bertz CT molecular complexity index is 503. The van der Waals surface area contributed by atoms with Gasteiger partial charge in [-0.05, 0) is 12.1 Å². The summed E-state index contributed by atoms with van der Waals surface area (Å²) in [5.74, 6) is -1.85. The van der Waals surface area contributed by atoms with Crippen LogP contribution in [0.15, 0.2) is 23.4 Å². The van der Waals surface area contributed by atoms with Crippen LogP contribution in [0.1, 0.15) is 16.8 Å². The second-order valence-electron chi connectivity index (χ2n) is 3.38. The van der Waals surface area contributed by atoms with E-state index in [1.165, 1.54) is 18.3 Å². The van der Waals surface area contributed by atoms with Crippen LogP contribution in [-0.4, -0.2) is 33.1 Å². The molecule has 0 aliphatic carbocycles. The number of pyridine rings is 1. The highest BCUT2D eigenvalue weighted by molar-refractivity contribution is 8.00. The molecule has 1 fully saturated rings. The summed E-state index contributed by atoms with van der Waals surface area (Å²) < 4.78 is 0. The molecule has 0 unspecified atom stereocenters. The predicted octanol–water partition coefficient (Wildman–Crippen LogP) is 0.287. The van der Waals surface area contributed by atoms with E-state index in [1.54, 1.807) is 0 Å². The van der Waals surface area contributed by atoms with E-state index in [1.807, 2.05) is 0 Å². The Morgan fingerprint density at radius 2 is 2.29 bits per heavy atom. The molecule has 7 heteroatoms. The van der Waals surface area contributed by atoms with E-state index in [9.17, 15) is 14.4 Å². The SMILES string of the molecule is O=C1C[C@H](Sc2ncccc2C(=O)O)C(=O)N1. The van der Waals surface area contributed by atoms with Gasteiger partial charge in [-0.3, -0.25) is 14.9 Å². The smallest absolute Gasteiger partial charge is 0.338 e. The third-order valence-electron chi connectivity index (χ3n) is 2.18. The monoisotopic (exact) mass is 252 g/mol. The van der Waals surface area contributed by atoms with E-state index in [0.717, 1.165) is 11.8 Å². The number of imide groups is 1. The van der Waals surface area contributed by atoms with Crippen molar-refractivity contribution in [3.8, 4) is 0 Å². The maximum absolute atomic E-state index is 11.3. The summed E-state index contributed by atoms with van der Waals surface area (Å²) >= 11 is 0.993. The molecule has 1 atom stereocenters. The van der Waals surface area contributed by atoms with Crippen molar-refractivity contribution in [1.82, 2.24) is 10.3 Å². The Kier molecular flexibility index (Phi) is 3.10. The first-order chi connectivity index (χ1) is 8.08. The summed E-state index contributed by atoms with van der Waals surface area (Å²) in [6, 6.07) is 2.92. The van der Waals surface area contributed by atoms with Crippen molar-refractivity contribution in [3.05, 3.63) is 23.9 Å². The van der Waals surface area contributed by atoms with Crippen molar-refractivity contribution in [3.63, 3.8) is 0 Å². The van der Waals surface area contributed by atoms with Crippen LogP contribution >= 0.6 is 11.8 Å². The van der Waals surface area contributed by atoms with Crippen molar-refractivity contribution >= 4 is 29.5 Å². The highest BCUT2D eigenvalue weighted by Gasteiger charge is 2.32. The Morgan fingerprint density at radius 1 is 1.53 bits per heavy atom. The van der Waals surface area contributed by atoms with Gasteiger partial charge in [-0.15, -0.1) is 0 Å². The molecule has 88 valence electrons. The van der Waals surface area contributed by atoms with Crippen LogP contribution in [0.3, 0.4) is 0 Å². The summed E-state index contributed by atoms with van der Waals surface area (Å²) in [5.41, 5.74) is 0.0321. The number of amides is 2. The molecule has 0 saturated carbocycles. The first-order valence-corrected chi connectivity index (χ1v) is 5.64. The Balaban J connectivity index is 2.22. The number of carbonyl (C=O) groups excluding carboxylic acids is 2. The number of thioether (sulfide) groups is 1. The van der Waals surface area contributed by atoms with Crippen molar-refractivity contribution in [2.45, 2.75) is 16.7 Å². The van der Waals surface area contributed by atoms with Gasteiger partial charge in [-0.2, -0.15) is 0 Å². The van der Waals surface area contributed by atoms with Gasteiger partial charge < -0.3 is 5.11 Å². The second kappa shape index (κ2) is 4.54. The first kappa shape index (κ1) is 11.6. The van der Waals surface area contributed by atoms with E-state index in [0.29, 0.717) is 0 Å². The van der Waals surface area contributed by atoms with E-state index in [-0.39, 0.29) is 22.9 Å². The zero-order valence-electron chi connectivity index (χ0n) is 8.54. The third-order valence-corrected chi connectivity index (χ3v) is 3.40. The molecule has 1 aliphatic rings. The van der Waals surface area contributed by atoms with Gasteiger partial charge in [0, 0.05) is 12.6 Å². The molecule has 0 bridgehead atoms. The maximum atomic E-state index is 11.3. The minimum absolute atomic E-state index is 0.0321. The van der Waals surface area contributed by atoms with Crippen LogP contribution in [-0.2, 0) is 9.59 Å². The van der Waals surface area contributed by atoms with Gasteiger partial charge in [-0.25, -0.2) is 9.78 Å². The molecule has 0 aromatic carbocycles. The summed E-state index contributed by atoms with van der Waals surface area (Å²) in [7, 11) is 0. The lowest BCUT2D eigenvalue weighted by molar-refractivity contribution is -0.124. The molecular formula is C10H8N2O4S. The number of nitrogens with one attached hydrogen (secondary N) is 1. The van der Waals surface area contributed by atoms with Crippen LogP contribution in [0.5, 0.6) is 0 Å². The normalized spacial score (nSPS) is 19.2. The average molecular weight is 252 g/mol. The molecule has 1 aromatic heterocycles. The number of rotatable bonds is 3. The Morgan fingerprint density at radius 3 is 2.88 bits per heavy atom. The molecule has 6 nitrogen and oxygen atoms in total. The molecular weight excluding hydrogens is 244 g/mol. The second-order valence-corrected chi connectivity index (χ2v) is 4.58. The quantitative estimate of drug-likeness (QED) is 0.750. The van der Waals surface area contributed by atoms with E-state index in [4.69, 9.17) is 5.11 Å². The van der Waals surface area contributed by atoms with E-state index in [2.05, 4.69) is 10.3 Å². The standard InChI is InChI=1S/C10H8N2O4S/c13-7-4-6(8(14)12-7)17-9-5(10(15)16)2-1-3-11-9/h1-3,6H,4H2,(H,15,16)(H,12,13,14)/t6-/m0/s1. The molecule has 2 rings (SSSR count). The topological polar surface area (TPSA) is 96.4 Å². The molecule has 0 radical (unpaired) electrons. The lowest BCUT2D eigenvalue weighted by atomic mass is 10.3. The van der Waals surface area contributed by atoms with Gasteiger partial charge in [0.25, 0.3) is 0 Å². The fourth-order valence-electron chi connectivity index (χ4n) is 1.41. The van der Waals surface area contributed by atoms with E-state index < -0.39 is 17.1 Å². The highest BCUT2D eigenvalue weighted by Crippen LogP contribution is 2.28. The number of carboxylic acids is 1. The minimum atomic E-state index is -1.11. The van der Waals surface area contributed by atoms with Gasteiger partial charge in [0.05, 0.1) is 10.8 Å². The Labute approximate surface area is 100 Å². The number of nitrogens with zero attached hydrogens (tertiary/aromatic N) is 1. The first-order valence-electron chi connectivity index (χ1n) is 4.76. The number of hydrogen-bond donors (Lipinski definition) is 2. The van der Waals surface area contributed by atoms with E-state index >= 15 is 0 Å². The molecule has 1 aliphatic heterocycles. The summed E-state index contributed by atoms with van der Waals surface area (Å²) in [6.07, 6.45) is 1.50. The lowest BCUT2D eigenvalue weighted by Gasteiger charge is -2.07.